The number of nitrogens with zero attached hydrogens (tertiary/aromatic N) is 4. The number of aryl methyl sites for hydroxylation is 1. The van der Waals surface area contributed by atoms with Crippen molar-refractivity contribution in [2.24, 2.45) is 0 Å². The fourth-order valence-corrected chi connectivity index (χ4v) is 3.04. The van der Waals surface area contributed by atoms with Crippen LogP contribution in [0.1, 0.15) is 34.8 Å². The highest BCUT2D eigenvalue weighted by atomic mass is 16.5. The standard InChI is InChI=1S/C22H21N5O2/c1-15(17-9-5-3-6-10-17)13-23-21(28)22-24-20(26-29-22)19-14-27(25-16(19)2)18-11-7-4-8-12-18/h3-12,14-15H,13H2,1-2H3,(H,23,28). The van der Waals surface area contributed by atoms with Gasteiger partial charge in [0.1, 0.15) is 0 Å². The van der Waals surface area contributed by atoms with Crippen LogP contribution in [0, 0.1) is 6.92 Å². The molecular weight excluding hydrogens is 366 g/mol. The third-order valence-electron chi connectivity index (χ3n) is 4.72. The third kappa shape index (κ3) is 4.08. The Morgan fingerprint density at radius 2 is 1.79 bits per heavy atom. The van der Waals surface area contributed by atoms with Crippen molar-refractivity contribution in [3.8, 4) is 17.1 Å². The van der Waals surface area contributed by atoms with Crippen LogP contribution in [0.2, 0.25) is 0 Å². The predicted octanol–water partition coefficient (Wildman–Crippen LogP) is 3.76. The average Bonchev–Trinajstić information content (AvgIpc) is 3.40. The maximum absolute atomic E-state index is 12.4. The van der Waals surface area contributed by atoms with Gasteiger partial charge in [0.2, 0.25) is 5.82 Å². The Balaban J connectivity index is 1.46. The highest BCUT2D eigenvalue weighted by Gasteiger charge is 2.19. The van der Waals surface area contributed by atoms with Gasteiger partial charge in [-0.2, -0.15) is 10.1 Å². The van der Waals surface area contributed by atoms with Gasteiger partial charge in [0, 0.05) is 12.7 Å². The second kappa shape index (κ2) is 8.10. The first-order valence-electron chi connectivity index (χ1n) is 9.40. The number of hydrogen-bond acceptors (Lipinski definition) is 5. The molecule has 0 aliphatic heterocycles. The highest BCUT2D eigenvalue weighted by Crippen LogP contribution is 2.21. The average molecular weight is 387 g/mol. The number of carbonyl (C=O) groups excluding carboxylic acids is 1. The minimum absolute atomic E-state index is 0.0628. The Bertz CT molecular complexity index is 1100. The summed E-state index contributed by atoms with van der Waals surface area (Å²) in [5, 5.41) is 11.3. The lowest BCUT2D eigenvalue weighted by Gasteiger charge is -2.11. The molecule has 29 heavy (non-hydrogen) atoms. The molecule has 0 aliphatic rings. The molecule has 0 bridgehead atoms. The quantitative estimate of drug-likeness (QED) is 0.544. The van der Waals surface area contributed by atoms with E-state index in [-0.39, 0.29) is 17.7 Å². The summed E-state index contributed by atoms with van der Waals surface area (Å²) in [4.78, 5) is 16.7. The number of nitrogens with one attached hydrogen (secondary N) is 1. The normalized spacial score (nSPS) is 11.9. The number of aromatic nitrogens is 4. The van der Waals surface area contributed by atoms with E-state index in [1.165, 1.54) is 0 Å². The van der Waals surface area contributed by atoms with Crippen molar-refractivity contribution in [3.05, 3.63) is 84.0 Å². The van der Waals surface area contributed by atoms with Crippen molar-refractivity contribution in [1.82, 2.24) is 25.2 Å². The summed E-state index contributed by atoms with van der Waals surface area (Å²) in [6, 6.07) is 19.8. The first kappa shape index (κ1) is 18.6. The van der Waals surface area contributed by atoms with Crippen LogP contribution in [0.3, 0.4) is 0 Å². The molecule has 2 heterocycles. The van der Waals surface area contributed by atoms with E-state index in [9.17, 15) is 4.79 Å². The topological polar surface area (TPSA) is 85.8 Å². The maximum atomic E-state index is 12.4. The van der Waals surface area contributed by atoms with Crippen LogP contribution in [0.15, 0.2) is 71.4 Å². The molecule has 0 fully saturated rings. The van der Waals surface area contributed by atoms with Gasteiger partial charge in [-0.05, 0) is 30.5 Å². The third-order valence-corrected chi connectivity index (χ3v) is 4.72. The number of carbonyl (C=O) groups is 1. The second-order valence-corrected chi connectivity index (χ2v) is 6.85. The molecule has 0 aliphatic carbocycles. The summed E-state index contributed by atoms with van der Waals surface area (Å²) in [7, 11) is 0. The zero-order chi connectivity index (χ0) is 20.2. The van der Waals surface area contributed by atoms with Gasteiger partial charge < -0.3 is 9.84 Å². The van der Waals surface area contributed by atoms with Gasteiger partial charge in [-0.1, -0.05) is 60.6 Å². The van der Waals surface area contributed by atoms with Gasteiger partial charge in [0.15, 0.2) is 0 Å². The van der Waals surface area contributed by atoms with Crippen molar-refractivity contribution >= 4 is 5.91 Å². The molecule has 7 nitrogen and oxygen atoms in total. The van der Waals surface area contributed by atoms with Crippen LogP contribution in [-0.2, 0) is 0 Å². The Morgan fingerprint density at radius 3 is 2.52 bits per heavy atom. The summed E-state index contributed by atoms with van der Waals surface area (Å²) >= 11 is 0. The molecule has 146 valence electrons. The van der Waals surface area contributed by atoms with E-state index >= 15 is 0 Å². The van der Waals surface area contributed by atoms with Gasteiger partial charge in [-0.15, -0.1) is 0 Å². The van der Waals surface area contributed by atoms with Crippen molar-refractivity contribution in [1.29, 1.82) is 0 Å². The van der Waals surface area contributed by atoms with E-state index < -0.39 is 0 Å². The van der Waals surface area contributed by atoms with Crippen LogP contribution in [0.5, 0.6) is 0 Å². The molecule has 4 rings (SSSR count). The van der Waals surface area contributed by atoms with Crippen molar-refractivity contribution in [2.45, 2.75) is 19.8 Å². The van der Waals surface area contributed by atoms with Crippen LogP contribution < -0.4 is 5.32 Å². The van der Waals surface area contributed by atoms with E-state index in [0.29, 0.717) is 17.9 Å². The van der Waals surface area contributed by atoms with E-state index in [0.717, 1.165) is 16.9 Å². The molecule has 0 spiro atoms. The SMILES string of the molecule is Cc1nn(-c2ccccc2)cc1-c1noc(C(=O)NCC(C)c2ccccc2)n1. The predicted molar refractivity (Wildman–Crippen MR) is 109 cm³/mol. The second-order valence-electron chi connectivity index (χ2n) is 6.85. The molecule has 1 unspecified atom stereocenters. The van der Waals surface area contributed by atoms with E-state index in [1.54, 1.807) is 4.68 Å². The lowest BCUT2D eigenvalue weighted by Crippen LogP contribution is -2.27. The minimum Gasteiger partial charge on any atom is -0.347 e. The zero-order valence-electron chi connectivity index (χ0n) is 16.2. The molecule has 2 aromatic carbocycles. The van der Waals surface area contributed by atoms with E-state index in [1.807, 2.05) is 73.8 Å². The fraction of sp³-hybridized carbons (Fsp3) is 0.182. The molecule has 0 radical (unpaired) electrons. The Morgan fingerprint density at radius 1 is 1.10 bits per heavy atom. The van der Waals surface area contributed by atoms with Crippen LogP contribution >= 0.6 is 0 Å². The number of amides is 1. The summed E-state index contributed by atoms with van der Waals surface area (Å²) in [6.45, 7) is 4.40. The van der Waals surface area contributed by atoms with E-state index in [2.05, 4.69) is 27.5 Å². The minimum atomic E-state index is -0.389. The smallest absolute Gasteiger partial charge is 0.316 e. The van der Waals surface area contributed by atoms with Gasteiger partial charge in [-0.3, -0.25) is 4.79 Å². The van der Waals surface area contributed by atoms with Crippen molar-refractivity contribution < 1.29 is 9.32 Å². The summed E-state index contributed by atoms with van der Waals surface area (Å²) in [5.41, 5.74) is 3.55. The molecule has 1 N–H and O–H groups in total. The first-order valence-corrected chi connectivity index (χ1v) is 9.40. The molecule has 1 atom stereocenters. The molecule has 4 aromatic rings. The molecular formula is C22H21N5O2. The lowest BCUT2D eigenvalue weighted by atomic mass is 10.0. The first-order chi connectivity index (χ1) is 14.1. The van der Waals surface area contributed by atoms with Gasteiger partial charge in [0.05, 0.1) is 16.9 Å². The number of hydrogen-bond donors (Lipinski definition) is 1. The maximum Gasteiger partial charge on any atom is 0.316 e. The van der Waals surface area contributed by atoms with Crippen molar-refractivity contribution in [2.75, 3.05) is 6.54 Å². The molecule has 7 heteroatoms. The van der Waals surface area contributed by atoms with Crippen molar-refractivity contribution in [3.63, 3.8) is 0 Å². The Labute approximate surface area is 168 Å². The zero-order valence-corrected chi connectivity index (χ0v) is 16.2. The highest BCUT2D eigenvalue weighted by molar-refractivity contribution is 5.89. The lowest BCUT2D eigenvalue weighted by molar-refractivity contribution is 0.0908. The van der Waals surface area contributed by atoms with Gasteiger partial charge in [-0.25, -0.2) is 4.68 Å². The number of para-hydroxylation sites is 1. The largest absolute Gasteiger partial charge is 0.347 e. The molecule has 2 aromatic heterocycles. The van der Waals surface area contributed by atoms with Gasteiger partial charge >= 0.3 is 11.8 Å². The van der Waals surface area contributed by atoms with Crippen LogP contribution in [0.4, 0.5) is 0 Å². The molecule has 1 amide bonds. The van der Waals surface area contributed by atoms with E-state index in [4.69, 9.17) is 4.52 Å². The summed E-state index contributed by atoms with van der Waals surface area (Å²) < 4.78 is 6.93. The monoisotopic (exact) mass is 387 g/mol. The van der Waals surface area contributed by atoms with Crippen LogP contribution in [-0.4, -0.2) is 32.4 Å². The van der Waals surface area contributed by atoms with Crippen LogP contribution in [0.25, 0.3) is 17.1 Å². The van der Waals surface area contributed by atoms with Gasteiger partial charge in [0.25, 0.3) is 0 Å². The molecule has 0 saturated carbocycles. The Hall–Kier alpha value is -3.74. The Kier molecular flexibility index (Phi) is 5.20. The summed E-state index contributed by atoms with van der Waals surface area (Å²) in [6.07, 6.45) is 1.83. The fourth-order valence-electron chi connectivity index (χ4n) is 3.04. The number of benzene rings is 2. The molecule has 0 saturated heterocycles. The number of rotatable bonds is 6. The summed E-state index contributed by atoms with van der Waals surface area (Å²) in [5.74, 6) is 0.0617.